The van der Waals surface area contributed by atoms with Crippen molar-refractivity contribution in [3.63, 3.8) is 0 Å². The molecule has 1 aliphatic heterocycles. The maximum absolute atomic E-state index is 4.51. The molecule has 0 spiro atoms. The fraction of sp³-hybridized carbons (Fsp3) is 0.733. The van der Waals surface area contributed by atoms with Crippen molar-refractivity contribution in [3.8, 4) is 0 Å². The lowest BCUT2D eigenvalue weighted by atomic mass is 9.98. The molecule has 2 heterocycles. The van der Waals surface area contributed by atoms with Gasteiger partial charge in [0.1, 0.15) is 18.0 Å². The monoisotopic (exact) mass is 262 g/mol. The SMILES string of the molecule is CCNc1ncnc(N2CCCC(CC)CC2)c1C. The Kier molecular flexibility index (Phi) is 5.00. The minimum atomic E-state index is 0.889. The number of aromatic nitrogens is 2. The van der Waals surface area contributed by atoms with E-state index in [1.165, 1.54) is 31.2 Å². The van der Waals surface area contributed by atoms with Crippen molar-refractivity contribution in [2.45, 2.75) is 46.5 Å². The fourth-order valence-corrected chi connectivity index (χ4v) is 2.89. The molecular weight excluding hydrogens is 236 g/mol. The van der Waals surface area contributed by atoms with Crippen LogP contribution in [0.1, 0.15) is 45.1 Å². The van der Waals surface area contributed by atoms with Crippen molar-refractivity contribution >= 4 is 11.6 Å². The lowest BCUT2D eigenvalue weighted by Gasteiger charge is -2.24. The highest BCUT2D eigenvalue weighted by atomic mass is 15.2. The molecule has 4 heteroatoms. The minimum Gasteiger partial charge on any atom is -0.370 e. The molecule has 2 rings (SSSR count). The summed E-state index contributed by atoms with van der Waals surface area (Å²) in [7, 11) is 0. The van der Waals surface area contributed by atoms with E-state index in [2.05, 4.69) is 41.0 Å². The quantitative estimate of drug-likeness (QED) is 0.904. The van der Waals surface area contributed by atoms with Gasteiger partial charge in [-0.1, -0.05) is 13.3 Å². The molecule has 1 unspecified atom stereocenters. The van der Waals surface area contributed by atoms with Crippen LogP contribution in [0.3, 0.4) is 0 Å². The van der Waals surface area contributed by atoms with E-state index in [-0.39, 0.29) is 0 Å². The number of nitrogens with zero attached hydrogens (tertiary/aromatic N) is 3. The van der Waals surface area contributed by atoms with Gasteiger partial charge in [0.05, 0.1) is 0 Å². The van der Waals surface area contributed by atoms with Crippen LogP contribution in [0.4, 0.5) is 11.6 Å². The average Bonchev–Trinajstić information content (AvgIpc) is 2.67. The second kappa shape index (κ2) is 6.73. The molecule has 1 aromatic heterocycles. The predicted molar refractivity (Wildman–Crippen MR) is 80.8 cm³/mol. The first-order valence-corrected chi connectivity index (χ1v) is 7.56. The van der Waals surface area contributed by atoms with Crippen LogP contribution in [0.2, 0.25) is 0 Å². The Morgan fingerprint density at radius 1 is 1.26 bits per heavy atom. The zero-order valence-electron chi connectivity index (χ0n) is 12.4. The maximum atomic E-state index is 4.51. The van der Waals surface area contributed by atoms with Crippen molar-refractivity contribution in [1.82, 2.24) is 9.97 Å². The number of rotatable bonds is 4. The maximum Gasteiger partial charge on any atom is 0.137 e. The van der Waals surface area contributed by atoms with E-state index < -0.39 is 0 Å². The third-order valence-corrected chi connectivity index (χ3v) is 4.13. The van der Waals surface area contributed by atoms with E-state index in [0.29, 0.717) is 0 Å². The van der Waals surface area contributed by atoms with Crippen LogP contribution in [-0.4, -0.2) is 29.6 Å². The van der Waals surface area contributed by atoms with Gasteiger partial charge in [0, 0.05) is 25.2 Å². The zero-order chi connectivity index (χ0) is 13.7. The summed E-state index contributed by atoms with van der Waals surface area (Å²) in [6, 6.07) is 0. The molecule has 1 saturated heterocycles. The standard InChI is InChI=1S/C15H26N4/c1-4-13-7-6-9-19(10-8-13)15-12(3)14(16-5-2)17-11-18-15/h11,13H,4-10H2,1-3H3,(H,16,17,18). The summed E-state index contributed by atoms with van der Waals surface area (Å²) in [6.45, 7) is 9.67. The molecule has 19 heavy (non-hydrogen) atoms. The predicted octanol–water partition coefficient (Wildman–Crippen LogP) is 3.23. The van der Waals surface area contributed by atoms with Crippen molar-refractivity contribution in [1.29, 1.82) is 0 Å². The van der Waals surface area contributed by atoms with Gasteiger partial charge in [0.2, 0.25) is 0 Å². The third kappa shape index (κ3) is 3.37. The molecule has 0 aliphatic carbocycles. The van der Waals surface area contributed by atoms with Crippen molar-refractivity contribution in [2.24, 2.45) is 5.92 Å². The number of nitrogens with one attached hydrogen (secondary N) is 1. The number of hydrogen-bond donors (Lipinski definition) is 1. The second-order valence-corrected chi connectivity index (χ2v) is 5.39. The molecule has 0 saturated carbocycles. The van der Waals surface area contributed by atoms with E-state index >= 15 is 0 Å². The van der Waals surface area contributed by atoms with E-state index in [0.717, 1.165) is 37.2 Å². The molecule has 0 radical (unpaired) electrons. The van der Waals surface area contributed by atoms with Gasteiger partial charge in [-0.15, -0.1) is 0 Å². The second-order valence-electron chi connectivity index (χ2n) is 5.39. The highest BCUT2D eigenvalue weighted by molar-refractivity contribution is 5.57. The first-order chi connectivity index (χ1) is 9.26. The van der Waals surface area contributed by atoms with Crippen LogP contribution in [0, 0.1) is 12.8 Å². The summed E-state index contributed by atoms with van der Waals surface area (Å²) in [5.74, 6) is 2.98. The molecular formula is C15H26N4. The van der Waals surface area contributed by atoms with Gasteiger partial charge in [-0.25, -0.2) is 9.97 Å². The summed E-state index contributed by atoms with van der Waals surface area (Å²) in [6.07, 6.45) is 6.91. The Bertz CT molecular complexity index is 405. The normalized spacial score (nSPS) is 20.2. The molecule has 106 valence electrons. The Morgan fingerprint density at radius 2 is 2.11 bits per heavy atom. The molecule has 0 aromatic carbocycles. The van der Waals surface area contributed by atoms with E-state index in [4.69, 9.17) is 0 Å². The lowest BCUT2D eigenvalue weighted by Crippen LogP contribution is -2.26. The molecule has 1 fully saturated rings. The van der Waals surface area contributed by atoms with Crippen LogP contribution in [-0.2, 0) is 0 Å². The van der Waals surface area contributed by atoms with E-state index in [1.54, 1.807) is 6.33 Å². The molecule has 1 atom stereocenters. The summed E-state index contributed by atoms with van der Waals surface area (Å²) in [4.78, 5) is 11.3. The van der Waals surface area contributed by atoms with Gasteiger partial charge in [0.15, 0.2) is 0 Å². The van der Waals surface area contributed by atoms with E-state index in [1.807, 2.05) is 0 Å². The molecule has 1 aromatic rings. The van der Waals surface area contributed by atoms with Gasteiger partial charge in [-0.05, 0) is 39.0 Å². The van der Waals surface area contributed by atoms with Crippen molar-refractivity contribution < 1.29 is 0 Å². The van der Waals surface area contributed by atoms with Gasteiger partial charge < -0.3 is 10.2 Å². The Morgan fingerprint density at radius 3 is 2.84 bits per heavy atom. The molecule has 1 N–H and O–H groups in total. The Hall–Kier alpha value is -1.32. The number of anilines is 2. The topological polar surface area (TPSA) is 41.1 Å². The lowest BCUT2D eigenvalue weighted by molar-refractivity contribution is 0.459. The third-order valence-electron chi connectivity index (χ3n) is 4.13. The highest BCUT2D eigenvalue weighted by Gasteiger charge is 2.19. The first kappa shape index (κ1) is 14.1. The number of hydrogen-bond acceptors (Lipinski definition) is 4. The molecule has 1 aliphatic rings. The summed E-state index contributed by atoms with van der Waals surface area (Å²) >= 11 is 0. The molecule has 4 nitrogen and oxygen atoms in total. The van der Waals surface area contributed by atoms with Crippen LogP contribution in [0.5, 0.6) is 0 Å². The molecule has 0 amide bonds. The summed E-state index contributed by atoms with van der Waals surface area (Å²) < 4.78 is 0. The van der Waals surface area contributed by atoms with Crippen molar-refractivity contribution in [3.05, 3.63) is 11.9 Å². The zero-order valence-corrected chi connectivity index (χ0v) is 12.4. The largest absolute Gasteiger partial charge is 0.370 e. The first-order valence-electron chi connectivity index (χ1n) is 7.56. The van der Waals surface area contributed by atoms with E-state index in [9.17, 15) is 0 Å². The Balaban J connectivity index is 2.14. The summed E-state index contributed by atoms with van der Waals surface area (Å²) in [5, 5.41) is 3.31. The van der Waals surface area contributed by atoms with Gasteiger partial charge >= 0.3 is 0 Å². The summed E-state index contributed by atoms with van der Waals surface area (Å²) in [5.41, 5.74) is 1.18. The van der Waals surface area contributed by atoms with Crippen LogP contribution in [0.25, 0.3) is 0 Å². The minimum absolute atomic E-state index is 0.889. The van der Waals surface area contributed by atoms with Gasteiger partial charge in [-0.3, -0.25) is 0 Å². The fourth-order valence-electron chi connectivity index (χ4n) is 2.89. The van der Waals surface area contributed by atoms with Crippen LogP contribution >= 0.6 is 0 Å². The molecule has 0 bridgehead atoms. The van der Waals surface area contributed by atoms with Gasteiger partial charge in [0.25, 0.3) is 0 Å². The average molecular weight is 262 g/mol. The van der Waals surface area contributed by atoms with Gasteiger partial charge in [-0.2, -0.15) is 0 Å². The van der Waals surface area contributed by atoms with Crippen molar-refractivity contribution in [2.75, 3.05) is 29.9 Å². The smallest absolute Gasteiger partial charge is 0.137 e. The van der Waals surface area contributed by atoms with Crippen LogP contribution in [0.15, 0.2) is 6.33 Å². The highest BCUT2D eigenvalue weighted by Crippen LogP contribution is 2.27. The Labute approximate surface area is 116 Å². The van der Waals surface area contributed by atoms with Crippen LogP contribution < -0.4 is 10.2 Å².